The van der Waals surface area contributed by atoms with Crippen LogP contribution in [0.3, 0.4) is 0 Å². The molecule has 0 aromatic heterocycles. The minimum Gasteiger partial charge on any atom is -0.292 e. The van der Waals surface area contributed by atoms with Crippen molar-refractivity contribution in [2.45, 2.75) is 52.9 Å². The minimum absolute atomic E-state index is 0.0289. The van der Waals surface area contributed by atoms with Gasteiger partial charge in [-0.1, -0.05) is 32.9 Å². The molecule has 0 bridgehead atoms. The Morgan fingerprint density at radius 1 is 1.16 bits per heavy atom. The van der Waals surface area contributed by atoms with E-state index in [1.54, 1.807) is 7.05 Å². The van der Waals surface area contributed by atoms with E-state index in [-0.39, 0.29) is 11.3 Å². The quantitative estimate of drug-likeness (QED) is 0.819. The van der Waals surface area contributed by atoms with E-state index in [0.717, 1.165) is 6.42 Å². The maximum atomic E-state index is 11.5. The predicted octanol–water partition coefficient (Wildman–Crippen LogP) is 2.78. The number of carbonyl (C=O) groups excluding carboxylic acids is 1. The third kappa shape index (κ3) is 4.35. The lowest BCUT2D eigenvalue weighted by atomic mass is 9.83. The maximum absolute atomic E-state index is 11.5. The Balaban J connectivity index is 2.89. The fourth-order valence-electron chi connectivity index (χ4n) is 2.26. The van der Waals surface area contributed by atoms with Crippen LogP contribution in [0.5, 0.6) is 0 Å². The Morgan fingerprint density at radius 2 is 1.68 bits per heavy atom. The molecular formula is C16H26N2O. The van der Waals surface area contributed by atoms with E-state index < -0.39 is 0 Å². The van der Waals surface area contributed by atoms with E-state index >= 15 is 0 Å². The number of hydrogen-bond donors (Lipinski definition) is 2. The second kappa shape index (κ2) is 6.20. The van der Waals surface area contributed by atoms with Crippen LogP contribution >= 0.6 is 0 Å². The van der Waals surface area contributed by atoms with Crippen LogP contribution in [0.15, 0.2) is 12.1 Å². The molecule has 0 aliphatic rings. The lowest BCUT2D eigenvalue weighted by Crippen LogP contribution is -2.34. The highest BCUT2D eigenvalue weighted by atomic mass is 16.2. The Morgan fingerprint density at radius 3 is 2.11 bits per heavy atom. The van der Waals surface area contributed by atoms with Gasteiger partial charge in [-0.2, -0.15) is 0 Å². The van der Waals surface area contributed by atoms with Crippen molar-refractivity contribution < 1.29 is 4.79 Å². The van der Waals surface area contributed by atoms with Crippen molar-refractivity contribution in [1.82, 2.24) is 10.9 Å². The van der Waals surface area contributed by atoms with Crippen molar-refractivity contribution >= 4 is 5.91 Å². The first kappa shape index (κ1) is 15.7. The lowest BCUT2D eigenvalue weighted by molar-refractivity contribution is -0.121. The number of carbonyl (C=O) groups is 1. The summed E-state index contributed by atoms with van der Waals surface area (Å²) in [4.78, 5) is 11.5. The number of rotatable bonds is 4. The number of nitrogens with one attached hydrogen (secondary N) is 2. The smallest absolute Gasteiger partial charge is 0.234 e. The SMILES string of the molecule is CNNC(=O)CCc1c(C)cc(C(C)(C)C)cc1C. The third-order valence-electron chi connectivity index (χ3n) is 3.43. The van der Waals surface area contributed by atoms with Gasteiger partial charge in [-0.3, -0.25) is 10.2 Å². The molecule has 3 nitrogen and oxygen atoms in total. The highest BCUT2D eigenvalue weighted by Gasteiger charge is 2.16. The van der Waals surface area contributed by atoms with E-state index in [9.17, 15) is 4.79 Å². The van der Waals surface area contributed by atoms with E-state index in [2.05, 4.69) is 57.6 Å². The minimum atomic E-state index is 0.0289. The fraction of sp³-hybridized carbons (Fsp3) is 0.562. The molecule has 0 atom stereocenters. The average Bonchev–Trinajstić information content (AvgIpc) is 2.26. The monoisotopic (exact) mass is 262 g/mol. The topological polar surface area (TPSA) is 41.1 Å². The Kier molecular flexibility index (Phi) is 5.12. The van der Waals surface area contributed by atoms with Gasteiger partial charge >= 0.3 is 0 Å². The van der Waals surface area contributed by atoms with Crippen LogP contribution in [0.2, 0.25) is 0 Å². The summed E-state index contributed by atoms with van der Waals surface area (Å²) in [5.41, 5.74) is 10.6. The molecule has 0 aliphatic heterocycles. The van der Waals surface area contributed by atoms with Gasteiger partial charge in [0, 0.05) is 13.5 Å². The summed E-state index contributed by atoms with van der Waals surface area (Å²) in [5, 5.41) is 0. The van der Waals surface area contributed by atoms with Crippen molar-refractivity contribution in [1.29, 1.82) is 0 Å². The van der Waals surface area contributed by atoms with Crippen molar-refractivity contribution in [2.75, 3.05) is 7.05 Å². The van der Waals surface area contributed by atoms with Crippen LogP contribution in [0.25, 0.3) is 0 Å². The largest absolute Gasteiger partial charge is 0.292 e. The number of hydrazine groups is 1. The van der Waals surface area contributed by atoms with Crippen molar-refractivity contribution in [3.05, 3.63) is 34.4 Å². The Bertz CT molecular complexity index is 435. The first-order valence-electron chi connectivity index (χ1n) is 6.82. The fourth-order valence-corrected chi connectivity index (χ4v) is 2.26. The zero-order valence-electron chi connectivity index (χ0n) is 13.0. The van der Waals surface area contributed by atoms with Crippen LogP contribution in [0.1, 0.15) is 49.4 Å². The van der Waals surface area contributed by atoms with Crippen LogP contribution in [-0.2, 0) is 16.6 Å². The number of amides is 1. The van der Waals surface area contributed by atoms with Gasteiger partial charge in [0.1, 0.15) is 0 Å². The molecule has 0 fully saturated rings. The molecule has 0 saturated heterocycles. The van der Waals surface area contributed by atoms with E-state index in [1.807, 2.05) is 0 Å². The van der Waals surface area contributed by atoms with Crippen LogP contribution in [0.4, 0.5) is 0 Å². The number of aryl methyl sites for hydroxylation is 2. The second-order valence-electron chi connectivity index (χ2n) is 6.14. The summed E-state index contributed by atoms with van der Waals surface area (Å²) < 4.78 is 0. The van der Waals surface area contributed by atoms with Crippen LogP contribution in [-0.4, -0.2) is 13.0 Å². The molecule has 1 amide bonds. The van der Waals surface area contributed by atoms with E-state index in [0.29, 0.717) is 6.42 Å². The van der Waals surface area contributed by atoms with Gasteiger partial charge in [0.2, 0.25) is 5.91 Å². The molecule has 3 heteroatoms. The number of benzene rings is 1. The molecular weight excluding hydrogens is 236 g/mol. The standard InChI is InChI=1S/C16H26N2O/c1-11-9-13(16(3,4)5)10-12(2)14(11)7-8-15(19)18-17-6/h9-10,17H,7-8H2,1-6H3,(H,18,19). The molecule has 1 rings (SSSR count). The molecule has 0 aliphatic carbocycles. The van der Waals surface area contributed by atoms with Gasteiger partial charge in [-0.05, 0) is 47.9 Å². The molecule has 0 saturated carbocycles. The van der Waals surface area contributed by atoms with Crippen LogP contribution < -0.4 is 10.9 Å². The Labute approximate surface area is 116 Å². The summed E-state index contributed by atoms with van der Waals surface area (Å²) in [5.74, 6) is 0.0289. The molecule has 1 aromatic carbocycles. The van der Waals surface area contributed by atoms with Crippen LogP contribution in [0, 0.1) is 13.8 Å². The molecule has 0 spiro atoms. The summed E-state index contributed by atoms with van der Waals surface area (Å²) >= 11 is 0. The van der Waals surface area contributed by atoms with E-state index in [1.165, 1.54) is 22.3 Å². The van der Waals surface area contributed by atoms with Crippen molar-refractivity contribution in [3.8, 4) is 0 Å². The number of hydrogen-bond acceptors (Lipinski definition) is 2. The maximum Gasteiger partial charge on any atom is 0.234 e. The second-order valence-corrected chi connectivity index (χ2v) is 6.14. The third-order valence-corrected chi connectivity index (χ3v) is 3.43. The van der Waals surface area contributed by atoms with Crippen molar-refractivity contribution in [3.63, 3.8) is 0 Å². The molecule has 106 valence electrons. The molecule has 2 N–H and O–H groups in total. The van der Waals surface area contributed by atoms with Gasteiger partial charge in [-0.15, -0.1) is 0 Å². The van der Waals surface area contributed by atoms with Gasteiger partial charge in [0.25, 0.3) is 0 Å². The molecule has 0 heterocycles. The summed E-state index contributed by atoms with van der Waals surface area (Å²) in [7, 11) is 1.70. The van der Waals surface area contributed by atoms with Gasteiger partial charge in [0.05, 0.1) is 0 Å². The first-order valence-corrected chi connectivity index (χ1v) is 6.82. The zero-order chi connectivity index (χ0) is 14.6. The normalized spacial score (nSPS) is 11.5. The Hall–Kier alpha value is -1.35. The lowest BCUT2D eigenvalue weighted by Gasteiger charge is -2.22. The summed E-state index contributed by atoms with van der Waals surface area (Å²) in [6.07, 6.45) is 1.30. The molecule has 0 radical (unpaired) electrons. The van der Waals surface area contributed by atoms with Gasteiger partial charge in [-0.25, -0.2) is 5.43 Å². The molecule has 0 unspecified atom stereocenters. The van der Waals surface area contributed by atoms with E-state index in [4.69, 9.17) is 0 Å². The van der Waals surface area contributed by atoms with Gasteiger partial charge in [0.15, 0.2) is 0 Å². The highest BCUT2D eigenvalue weighted by molar-refractivity contribution is 5.75. The summed E-state index contributed by atoms with van der Waals surface area (Å²) in [6, 6.07) is 4.50. The van der Waals surface area contributed by atoms with Crippen molar-refractivity contribution in [2.24, 2.45) is 0 Å². The molecule has 1 aromatic rings. The average molecular weight is 262 g/mol. The zero-order valence-corrected chi connectivity index (χ0v) is 13.0. The van der Waals surface area contributed by atoms with Gasteiger partial charge < -0.3 is 0 Å². The summed E-state index contributed by atoms with van der Waals surface area (Å²) in [6.45, 7) is 10.9. The molecule has 19 heavy (non-hydrogen) atoms. The highest BCUT2D eigenvalue weighted by Crippen LogP contribution is 2.27. The first-order chi connectivity index (χ1) is 8.75. The predicted molar refractivity (Wildman–Crippen MR) is 80.1 cm³/mol.